The molecule has 0 saturated carbocycles. The summed E-state index contributed by atoms with van der Waals surface area (Å²) in [6, 6.07) is 8.60. The highest BCUT2D eigenvalue weighted by Gasteiger charge is 2.23. The minimum atomic E-state index is 0.383. The zero-order valence-corrected chi connectivity index (χ0v) is 10.7. The third-order valence-electron chi connectivity index (χ3n) is 2.69. The van der Waals surface area contributed by atoms with E-state index in [1.807, 2.05) is 11.8 Å². The maximum absolute atomic E-state index is 5.49. The van der Waals surface area contributed by atoms with Gasteiger partial charge in [-0.25, -0.2) is 5.10 Å². The molecule has 2 heterocycles. The molecule has 3 rings (SSSR count). The Kier molecular flexibility index (Phi) is 2.98. The number of nitrogen functional groups attached to an aromatic ring is 1. The summed E-state index contributed by atoms with van der Waals surface area (Å²) in [5, 5.41) is 7.41. The molecule has 17 heavy (non-hydrogen) atoms. The van der Waals surface area contributed by atoms with Crippen LogP contribution in [0.3, 0.4) is 0 Å². The van der Waals surface area contributed by atoms with Crippen molar-refractivity contribution in [3.63, 3.8) is 0 Å². The molecule has 1 aliphatic rings. The van der Waals surface area contributed by atoms with Crippen molar-refractivity contribution in [2.75, 3.05) is 17.2 Å². The average Bonchev–Trinajstić information content (AvgIpc) is 2.93. The molecule has 1 atom stereocenters. The van der Waals surface area contributed by atoms with Gasteiger partial charge in [-0.1, -0.05) is 30.0 Å². The van der Waals surface area contributed by atoms with Gasteiger partial charge in [-0.05, 0) is 11.6 Å². The summed E-state index contributed by atoms with van der Waals surface area (Å²) < 4.78 is 0. The van der Waals surface area contributed by atoms with Crippen molar-refractivity contribution in [3.05, 3.63) is 29.8 Å². The van der Waals surface area contributed by atoms with Gasteiger partial charge < -0.3 is 5.73 Å². The zero-order chi connectivity index (χ0) is 11.7. The van der Waals surface area contributed by atoms with Gasteiger partial charge in [0.25, 0.3) is 0 Å². The average molecular weight is 264 g/mol. The van der Waals surface area contributed by atoms with Crippen molar-refractivity contribution in [3.8, 4) is 0 Å². The molecule has 6 heteroatoms. The van der Waals surface area contributed by atoms with E-state index in [1.54, 1.807) is 11.8 Å². The fraction of sp³-hybridized carbons (Fsp3) is 0.273. The van der Waals surface area contributed by atoms with Crippen LogP contribution in [0.1, 0.15) is 11.5 Å². The van der Waals surface area contributed by atoms with Crippen LogP contribution >= 0.6 is 23.5 Å². The second-order valence-electron chi connectivity index (χ2n) is 3.86. The van der Waals surface area contributed by atoms with E-state index in [9.17, 15) is 0 Å². The Bertz CT molecular complexity index is 526. The molecule has 0 saturated heterocycles. The largest absolute Gasteiger partial charge is 0.368 e. The summed E-state index contributed by atoms with van der Waals surface area (Å²) in [5.74, 6) is 3.11. The number of fused-ring (bicyclic) bond motifs is 1. The molecule has 4 nitrogen and oxygen atoms in total. The van der Waals surface area contributed by atoms with Crippen molar-refractivity contribution in [1.82, 2.24) is 15.2 Å². The van der Waals surface area contributed by atoms with Gasteiger partial charge in [-0.3, -0.25) is 0 Å². The first-order chi connectivity index (χ1) is 8.33. The molecule has 2 aromatic rings. The third kappa shape index (κ3) is 2.28. The van der Waals surface area contributed by atoms with Gasteiger partial charge >= 0.3 is 0 Å². The number of hydrogen-bond donors (Lipinski definition) is 2. The Morgan fingerprint density at radius 1 is 1.47 bits per heavy atom. The second-order valence-corrected chi connectivity index (χ2v) is 5.91. The van der Waals surface area contributed by atoms with E-state index >= 15 is 0 Å². The predicted octanol–water partition coefficient (Wildman–Crippen LogP) is 2.37. The van der Waals surface area contributed by atoms with Gasteiger partial charge in [0.2, 0.25) is 11.1 Å². The number of benzene rings is 1. The van der Waals surface area contributed by atoms with Crippen molar-refractivity contribution in [1.29, 1.82) is 0 Å². The van der Waals surface area contributed by atoms with E-state index < -0.39 is 0 Å². The van der Waals surface area contributed by atoms with Crippen LogP contribution in [0.4, 0.5) is 5.95 Å². The van der Waals surface area contributed by atoms with E-state index in [2.05, 4.69) is 39.4 Å². The van der Waals surface area contributed by atoms with Crippen LogP contribution in [-0.2, 0) is 0 Å². The molecule has 0 spiro atoms. The lowest BCUT2D eigenvalue weighted by molar-refractivity contribution is 0.887. The lowest BCUT2D eigenvalue weighted by Gasteiger charge is -2.07. The predicted molar refractivity (Wildman–Crippen MR) is 71.4 cm³/mol. The minimum Gasteiger partial charge on any atom is -0.368 e. The van der Waals surface area contributed by atoms with Crippen LogP contribution in [0.2, 0.25) is 0 Å². The van der Waals surface area contributed by atoms with Crippen LogP contribution in [0.15, 0.2) is 34.3 Å². The van der Waals surface area contributed by atoms with Crippen LogP contribution < -0.4 is 5.73 Å². The molecular weight excluding hydrogens is 252 g/mol. The molecule has 1 aliphatic heterocycles. The normalized spacial score (nSPS) is 18.2. The monoisotopic (exact) mass is 264 g/mol. The maximum Gasteiger partial charge on any atom is 0.216 e. The smallest absolute Gasteiger partial charge is 0.216 e. The molecule has 0 fully saturated rings. The number of rotatable bonds is 3. The van der Waals surface area contributed by atoms with E-state index in [0.717, 1.165) is 16.7 Å². The Balaban J connectivity index is 1.68. The molecule has 3 N–H and O–H groups in total. The fourth-order valence-electron chi connectivity index (χ4n) is 1.87. The number of aromatic nitrogens is 3. The quantitative estimate of drug-likeness (QED) is 0.833. The van der Waals surface area contributed by atoms with Gasteiger partial charge in [0, 0.05) is 22.3 Å². The van der Waals surface area contributed by atoms with Gasteiger partial charge in [0.05, 0.1) is 0 Å². The summed E-state index contributed by atoms with van der Waals surface area (Å²) in [5.41, 5.74) is 6.94. The third-order valence-corrected chi connectivity index (χ3v) is 4.96. The number of hydrogen-bond acceptors (Lipinski definition) is 5. The molecular formula is C11H12N4S2. The summed E-state index contributed by atoms with van der Waals surface area (Å²) in [6.45, 7) is 0. The molecule has 0 amide bonds. The van der Waals surface area contributed by atoms with Crippen LogP contribution in [0.5, 0.6) is 0 Å². The number of aromatic amines is 1. The van der Waals surface area contributed by atoms with E-state index in [-0.39, 0.29) is 0 Å². The number of nitrogens with two attached hydrogens (primary N) is 1. The van der Waals surface area contributed by atoms with Crippen LogP contribution in [0, 0.1) is 0 Å². The number of anilines is 1. The van der Waals surface area contributed by atoms with Crippen LogP contribution in [0.25, 0.3) is 0 Å². The number of nitrogens with one attached hydrogen (secondary N) is 1. The molecule has 1 unspecified atom stereocenters. The first kappa shape index (κ1) is 11.0. The van der Waals surface area contributed by atoms with Gasteiger partial charge in [0.15, 0.2) is 0 Å². The SMILES string of the molecule is Nc1nc(SCC2CSc3ccccc32)n[nH]1. The van der Waals surface area contributed by atoms with E-state index in [0.29, 0.717) is 11.9 Å². The summed E-state index contributed by atoms with van der Waals surface area (Å²) in [7, 11) is 0. The van der Waals surface area contributed by atoms with Gasteiger partial charge in [-0.2, -0.15) is 4.98 Å². The van der Waals surface area contributed by atoms with Gasteiger partial charge in [-0.15, -0.1) is 16.9 Å². The molecule has 1 aromatic heterocycles. The molecule has 88 valence electrons. The first-order valence-electron chi connectivity index (χ1n) is 5.35. The number of nitrogens with zero attached hydrogens (tertiary/aromatic N) is 2. The first-order valence-corrected chi connectivity index (χ1v) is 7.32. The van der Waals surface area contributed by atoms with Crippen molar-refractivity contribution in [2.45, 2.75) is 16.0 Å². The summed E-state index contributed by atoms with van der Waals surface area (Å²) in [4.78, 5) is 5.50. The molecule has 0 radical (unpaired) electrons. The molecule has 0 aliphatic carbocycles. The topological polar surface area (TPSA) is 67.6 Å². The molecule has 0 bridgehead atoms. The van der Waals surface area contributed by atoms with Crippen molar-refractivity contribution in [2.24, 2.45) is 0 Å². The summed E-state index contributed by atoms with van der Waals surface area (Å²) in [6.07, 6.45) is 0. The lowest BCUT2D eigenvalue weighted by Crippen LogP contribution is -2.00. The van der Waals surface area contributed by atoms with Gasteiger partial charge in [0.1, 0.15) is 0 Å². The Morgan fingerprint density at radius 2 is 2.35 bits per heavy atom. The highest BCUT2D eigenvalue weighted by Crippen LogP contribution is 2.41. The standard InChI is InChI=1S/C11H12N4S2/c12-10-13-11(15-14-10)17-6-7-5-16-9-4-2-1-3-8(7)9/h1-4,7H,5-6H2,(H3,12,13,14,15). The minimum absolute atomic E-state index is 0.383. The van der Waals surface area contributed by atoms with E-state index in [4.69, 9.17) is 5.73 Å². The molecule has 1 aromatic carbocycles. The zero-order valence-electron chi connectivity index (χ0n) is 9.09. The fourth-order valence-corrected chi connectivity index (χ4v) is 4.19. The highest BCUT2D eigenvalue weighted by atomic mass is 32.2. The number of H-pyrrole nitrogens is 1. The second kappa shape index (κ2) is 4.62. The van der Waals surface area contributed by atoms with Crippen molar-refractivity contribution >= 4 is 29.5 Å². The lowest BCUT2D eigenvalue weighted by atomic mass is 10.0. The van der Waals surface area contributed by atoms with Crippen molar-refractivity contribution < 1.29 is 0 Å². The maximum atomic E-state index is 5.49. The Labute approximate surface area is 108 Å². The Morgan fingerprint density at radius 3 is 3.18 bits per heavy atom. The number of thioether (sulfide) groups is 2. The van der Waals surface area contributed by atoms with E-state index in [1.165, 1.54) is 10.5 Å². The van der Waals surface area contributed by atoms with Crippen LogP contribution in [-0.4, -0.2) is 26.7 Å². The Hall–Kier alpha value is -1.14. The highest BCUT2D eigenvalue weighted by molar-refractivity contribution is 8.00. The summed E-state index contributed by atoms with van der Waals surface area (Å²) >= 11 is 3.58.